The Morgan fingerprint density at radius 1 is 1.00 bits per heavy atom. The van der Waals surface area contributed by atoms with E-state index in [1.54, 1.807) is 0 Å². The van der Waals surface area contributed by atoms with Gasteiger partial charge in [0.2, 0.25) is 0 Å². The van der Waals surface area contributed by atoms with Crippen molar-refractivity contribution in [2.45, 2.75) is 39.0 Å². The van der Waals surface area contributed by atoms with E-state index < -0.39 is 0 Å². The van der Waals surface area contributed by atoms with Crippen molar-refractivity contribution in [2.24, 2.45) is 0 Å². The van der Waals surface area contributed by atoms with Gasteiger partial charge in [-0.25, -0.2) is 0 Å². The number of aliphatic hydroxyl groups excluding tert-OH is 1. The third-order valence-corrected chi connectivity index (χ3v) is 1.63. The molecule has 0 saturated heterocycles. The van der Waals surface area contributed by atoms with Crippen LogP contribution in [-0.2, 0) is 0 Å². The highest BCUT2D eigenvalue weighted by atomic mass is 16.2. The van der Waals surface area contributed by atoms with E-state index in [1.807, 2.05) is 6.08 Å². The molecule has 0 radical (unpaired) electrons. The van der Waals surface area contributed by atoms with Crippen molar-refractivity contribution in [1.82, 2.24) is 0 Å². The molecule has 0 aliphatic heterocycles. The molecular weight excluding hydrogens is 148 g/mol. The van der Waals surface area contributed by atoms with Gasteiger partial charge in [-0.1, -0.05) is 44.1 Å². The zero-order valence-corrected chi connectivity index (χ0v) is 8.00. The molecule has 0 amide bonds. The summed E-state index contributed by atoms with van der Waals surface area (Å²) < 4.78 is 0. The largest absolute Gasteiger partial charge is 0.396 e. The molecule has 0 saturated carbocycles. The van der Waals surface area contributed by atoms with Gasteiger partial charge in [-0.05, 0) is 19.3 Å². The normalized spacial score (nSPS) is 11.8. The summed E-state index contributed by atoms with van der Waals surface area (Å²) in [6.07, 6.45) is 14.1. The number of allylic oxidation sites excluding steroid dienone is 3. The molecule has 0 aliphatic rings. The predicted molar refractivity (Wildman–Crippen MR) is 54.1 cm³/mol. The molecule has 0 spiro atoms. The third-order valence-electron chi connectivity index (χ3n) is 1.63. The number of unbranched alkanes of at least 4 members (excludes halogenated alkanes) is 2. The van der Waals surface area contributed by atoms with Crippen LogP contribution in [0.25, 0.3) is 0 Å². The van der Waals surface area contributed by atoms with Crippen LogP contribution in [0.3, 0.4) is 0 Å². The van der Waals surface area contributed by atoms with Gasteiger partial charge in [0.1, 0.15) is 0 Å². The van der Waals surface area contributed by atoms with E-state index in [0.717, 1.165) is 12.8 Å². The van der Waals surface area contributed by atoms with Crippen LogP contribution in [0.15, 0.2) is 24.3 Å². The van der Waals surface area contributed by atoms with Gasteiger partial charge in [-0.2, -0.15) is 0 Å². The molecular formula is C11H20O. The van der Waals surface area contributed by atoms with Gasteiger partial charge in [0.25, 0.3) is 0 Å². The Morgan fingerprint density at radius 2 is 1.67 bits per heavy atom. The summed E-state index contributed by atoms with van der Waals surface area (Å²) in [5.74, 6) is 0. The predicted octanol–water partition coefficient (Wildman–Crippen LogP) is 3.06. The Balaban J connectivity index is 3.12. The molecule has 0 unspecified atom stereocenters. The Bertz CT molecular complexity index is 125. The van der Waals surface area contributed by atoms with E-state index in [9.17, 15) is 0 Å². The minimum atomic E-state index is 0.260. The molecule has 0 aromatic rings. The van der Waals surface area contributed by atoms with E-state index in [4.69, 9.17) is 5.11 Å². The molecule has 0 bridgehead atoms. The lowest BCUT2D eigenvalue weighted by molar-refractivity contribution is 0.302. The van der Waals surface area contributed by atoms with Crippen molar-refractivity contribution in [1.29, 1.82) is 0 Å². The number of hydrogen-bond donors (Lipinski definition) is 1. The molecule has 0 aromatic heterocycles. The fraction of sp³-hybridized carbons (Fsp3) is 0.636. The maximum atomic E-state index is 8.47. The van der Waals surface area contributed by atoms with Crippen molar-refractivity contribution in [2.75, 3.05) is 6.61 Å². The van der Waals surface area contributed by atoms with E-state index in [2.05, 4.69) is 25.2 Å². The van der Waals surface area contributed by atoms with Crippen LogP contribution in [0.1, 0.15) is 39.0 Å². The average Bonchev–Trinajstić information content (AvgIpc) is 2.10. The molecule has 0 aromatic carbocycles. The molecule has 0 rings (SSSR count). The number of aliphatic hydroxyl groups is 1. The highest BCUT2D eigenvalue weighted by Crippen LogP contribution is 1.96. The van der Waals surface area contributed by atoms with E-state index >= 15 is 0 Å². The smallest absolute Gasteiger partial charge is 0.0465 e. The quantitative estimate of drug-likeness (QED) is 0.457. The first-order valence-electron chi connectivity index (χ1n) is 4.82. The zero-order chi connectivity index (χ0) is 9.07. The van der Waals surface area contributed by atoms with Crippen LogP contribution in [0, 0.1) is 0 Å². The summed E-state index contributed by atoms with van der Waals surface area (Å²) in [5, 5.41) is 8.47. The standard InChI is InChI=1S/C11H20O/c1-2-3-4-5-6-7-8-9-10-11-12/h5-6,8-9,12H,2-4,7,10-11H2,1H3. The Hall–Kier alpha value is -0.560. The molecule has 1 heteroatoms. The molecule has 0 aliphatic carbocycles. The maximum absolute atomic E-state index is 8.47. The van der Waals surface area contributed by atoms with Crippen molar-refractivity contribution < 1.29 is 5.11 Å². The Kier molecular flexibility index (Phi) is 9.95. The monoisotopic (exact) mass is 168 g/mol. The summed E-state index contributed by atoms with van der Waals surface area (Å²) in [5.41, 5.74) is 0. The summed E-state index contributed by atoms with van der Waals surface area (Å²) in [6.45, 7) is 2.46. The Labute approximate surface area is 75.8 Å². The van der Waals surface area contributed by atoms with Crippen molar-refractivity contribution in [3.05, 3.63) is 24.3 Å². The second-order valence-electron chi connectivity index (χ2n) is 2.83. The molecule has 1 nitrogen and oxygen atoms in total. The first kappa shape index (κ1) is 11.4. The fourth-order valence-electron chi connectivity index (χ4n) is 0.903. The summed E-state index contributed by atoms with van der Waals surface area (Å²) >= 11 is 0. The van der Waals surface area contributed by atoms with Gasteiger partial charge in [0, 0.05) is 6.61 Å². The summed E-state index contributed by atoms with van der Waals surface area (Å²) in [7, 11) is 0. The van der Waals surface area contributed by atoms with Gasteiger partial charge >= 0.3 is 0 Å². The average molecular weight is 168 g/mol. The number of hydrogen-bond acceptors (Lipinski definition) is 1. The van der Waals surface area contributed by atoms with Crippen LogP contribution >= 0.6 is 0 Å². The van der Waals surface area contributed by atoms with Gasteiger partial charge in [-0.3, -0.25) is 0 Å². The second-order valence-corrected chi connectivity index (χ2v) is 2.83. The molecule has 0 heterocycles. The first-order chi connectivity index (χ1) is 5.91. The topological polar surface area (TPSA) is 20.2 Å². The third kappa shape index (κ3) is 9.44. The highest BCUT2D eigenvalue weighted by molar-refractivity contribution is 4.92. The summed E-state index contributed by atoms with van der Waals surface area (Å²) in [6, 6.07) is 0. The van der Waals surface area contributed by atoms with Crippen molar-refractivity contribution in [3.63, 3.8) is 0 Å². The maximum Gasteiger partial charge on any atom is 0.0465 e. The van der Waals surface area contributed by atoms with Crippen LogP contribution in [-0.4, -0.2) is 11.7 Å². The molecule has 0 fully saturated rings. The van der Waals surface area contributed by atoms with Crippen molar-refractivity contribution >= 4 is 0 Å². The lowest BCUT2D eigenvalue weighted by Gasteiger charge is -1.87. The Morgan fingerprint density at radius 3 is 2.25 bits per heavy atom. The van der Waals surface area contributed by atoms with Gasteiger partial charge in [-0.15, -0.1) is 0 Å². The lowest BCUT2D eigenvalue weighted by atomic mass is 10.2. The fourth-order valence-corrected chi connectivity index (χ4v) is 0.903. The zero-order valence-electron chi connectivity index (χ0n) is 8.00. The van der Waals surface area contributed by atoms with Crippen LogP contribution < -0.4 is 0 Å². The lowest BCUT2D eigenvalue weighted by Crippen LogP contribution is -1.74. The second kappa shape index (κ2) is 10.4. The van der Waals surface area contributed by atoms with E-state index in [0.29, 0.717) is 0 Å². The minimum Gasteiger partial charge on any atom is -0.396 e. The molecule has 70 valence electrons. The van der Waals surface area contributed by atoms with Crippen LogP contribution in [0.2, 0.25) is 0 Å². The summed E-state index contributed by atoms with van der Waals surface area (Å²) in [4.78, 5) is 0. The first-order valence-corrected chi connectivity index (χ1v) is 4.82. The van der Waals surface area contributed by atoms with Crippen molar-refractivity contribution in [3.8, 4) is 0 Å². The molecule has 12 heavy (non-hydrogen) atoms. The molecule has 1 N–H and O–H groups in total. The SMILES string of the molecule is CCCCC=CCC=CCCO. The highest BCUT2D eigenvalue weighted by Gasteiger charge is 1.77. The van der Waals surface area contributed by atoms with Crippen LogP contribution in [0.4, 0.5) is 0 Å². The van der Waals surface area contributed by atoms with Crippen LogP contribution in [0.5, 0.6) is 0 Å². The number of rotatable bonds is 7. The molecule has 0 atom stereocenters. The van der Waals surface area contributed by atoms with E-state index in [1.165, 1.54) is 19.3 Å². The van der Waals surface area contributed by atoms with Gasteiger partial charge < -0.3 is 5.11 Å². The van der Waals surface area contributed by atoms with Gasteiger partial charge in [0.05, 0.1) is 0 Å². The van der Waals surface area contributed by atoms with E-state index in [-0.39, 0.29) is 6.61 Å². The minimum absolute atomic E-state index is 0.260. The van der Waals surface area contributed by atoms with Gasteiger partial charge in [0.15, 0.2) is 0 Å².